The molecule has 0 spiro atoms. The minimum absolute atomic E-state index is 0.619. The quantitative estimate of drug-likeness (QED) is 0.817. The highest BCUT2D eigenvalue weighted by Crippen LogP contribution is 2.38. The van der Waals surface area contributed by atoms with E-state index in [-0.39, 0.29) is 0 Å². The van der Waals surface area contributed by atoms with E-state index in [0.29, 0.717) is 6.04 Å². The molecule has 0 heterocycles. The minimum atomic E-state index is 0.619. The Hall–Kier alpha value is -1.34. The molecular formula is C19H25N. The van der Waals surface area contributed by atoms with Crippen molar-refractivity contribution in [3.63, 3.8) is 0 Å². The van der Waals surface area contributed by atoms with Gasteiger partial charge in [-0.25, -0.2) is 0 Å². The molecule has 1 aliphatic carbocycles. The van der Waals surface area contributed by atoms with Gasteiger partial charge in [-0.15, -0.1) is 0 Å². The topological polar surface area (TPSA) is 12.0 Å². The van der Waals surface area contributed by atoms with Crippen molar-refractivity contribution in [2.24, 2.45) is 11.8 Å². The van der Waals surface area contributed by atoms with E-state index in [1.165, 1.54) is 29.2 Å². The van der Waals surface area contributed by atoms with E-state index >= 15 is 0 Å². The van der Waals surface area contributed by atoms with Gasteiger partial charge in [-0.1, -0.05) is 56.3 Å². The molecular weight excluding hydrogens is 242 g/mol. The number of likely N-dealkylation sites (N-methyl/N-ethyl adjacent to an activating group) is 1. The Morgan fingerprint density at radius 1 is 1.10 bits per heavy atom. The molecule has 0 aromatic heterocycles. The maximum Gasteiger partial charge on any atom is 0.0136 e. The Morgan fingerprint density at radius 2 is 1.85 bits per heavy atom. The third kappa shape index (κ3) is 3.04. The molecule has 2 aromatic rings. The molecule has 3 rings (SSSR count). The van der Waals surface area contributed by atoms with Crippen LogP contribution in [0, 0.1) is 11.8 Å². The predicted molar refractivity (Wildman–Crippen MR) is 87.0 cm³/mol. The van der Waals surface area contributed by atoms with Gasteiger partial charge < -0.3 is 5.32 Å². The van der Waals surface area contributed by atoms with E-state index in [1.54, 1.807) is 0 Å². The Labute approximate surface area is 122 Å². The van der Waals surface area contributed by atoms with Gasteiger partial charge in [-0.3, -0.25) is 0 Å². The summed E-state index contributed by atoms with van der Waals surface area (Å²) in [6.45, 7) is 5.70. The second-order valence-electron chi connectivity index (χ2n) is 6.25. The van der Waals surface area contributed by atoms with Crippen LogP contribution < -0.4 is 5.32 Å². The molecule has 0 bridgehead atoms. The molecule has 2 aromatic carbocycles. The Kier molecular flexibility index (Phi) is 4.07. The van der Waals surface area contributed by atoms with Gasteiger partial charge in [0, 0.05) is 6.04 Å². The van der Waals surface area contributed by atoms with Gasteiger partial charge in [-0.2, -0.15) is 0 Å². The smallest absolute Gasteiger partial charge is 0.0136 e. The second-order valence-corrected chi connectivity index (χ2v) is 6.25. The third-order valence-electron chi connectivity index (χ3n) is 4.74. The Balaban J connectivity index is 1.78. The average Bonchev–Trinajstić information content (AvgIpc) is 3.30. The van der Waals surface area contributed by atoms with Gasteiger partial charge in [0.25, 0.3) is 0 Å². The van der Waals surface area contributed by atoms with Crippen LogP contribution in [0.5, 0.6) is 0 Å². The number of benzene rings is 2. The molecule has 106 valence electrons. The van der Waals surface area contributed by atoms with E-state index < -0.39 is 0 Å². The van der Waals surface area contributed by atoms with E-state index in [4.69, 9.17) is 0 Å². The molecule has 2 atom stereocenters. The first kappa shape index (κ1) is 13.6. The van der Waals surface area contributed by atoms with Crippen LogP contribution in [0.2, 0.25) is 0 Å². The summed E-state index contributed by atoms with van der Waals surface area (Å²) in [5.74, 6) is 1.75. The van der Waals surface area contributed by atoms with Crippen LogP contribution in [0.3, 0.4) is 0 Å². The summed E-state index contributed by atoms with van der Waals surface area (Å²) in [4.78, 5) is 0. The van der Waals surface area contributed by atoms with Crippen molar-refractivity contribution in [2.45, 2.75) is 39.2 Å². The van der Waals surface area contributed by atoms with Gasteiger partial charge in [0.05, 0.1) is 0 Å². The zero-order valence-electron chi connectivity index (χ0n) is 12.6. The molecule has 20 heavy (non-hydrogen) atoms. The second kappa shape index (κ2) is 5.97. The summed E-state index contributed by atoms with van der Waals surface area (Å²) in [5, 5.41) is 6.40. The van der Waals surface area contributed by atoms with Crippen LogP contribution >= 0.6 is 0 Å². The highest BCUT2D eigenvalue weighted by Gasteiger charge is 2.32. The fraction of sp³-hybridized carbons (Fsp3) is 0.474. The van der Waals surface area contributed by atoms with Crippen molar-refractivity contribution in [3.8, 4) is 0 Å². The van der Waals surface area contributed by atoms with E-state index in [2.05, 4.69) is 61.6 Å². The molecule has 1 N–H and O–H groups in total. The van der Waals surface area contributed by atoms with Crippen LogP contribution in [0.4, 0.5) is 0 Å². The summed E-state index contributed by atoms with van der Waals surface area (Å²) in [6.07, 6.45) is 4.01. The van der Waals surface area contributed by atoms with Crippen molar-refractivity contribution >= 4 is 10.8 Å². The normalized spacial score (nSPS) is 18.1. The van der Waals surface area contributed by atoms with Crippen LogP contribution in [0.1, 0.15) is 32.3 Å². The zero-order chi connectivity index (χ0) is 13.9. The third-order valence-corrected chi connectivity index (χ3v) is 4.74. The summed E-state index contributed by atoms with van der Waals surface area (Å²) in [7, 11) is 0. The van der Waals surface area contributed by atoms with Gasteiger partial charge in [0.15, 0.2) is 0 Å². The lowest BCUT2D eigenvalue weighted by molar-refractivity contribution is 0.344. The van der Waals surface area contributed by atoms with E-state index in [1.807, 2.05) is 0 Å². The molecule has 1 aliphatic rings. The molecule has 1 heteroatoms. The zero-order valence-corrected chi connectivity index (χ0v) is 12.6. The van der Waals surface area contributed by atoms with Crippen molar-refractivity contribution in [2.75, 3.05) is 6.54 Å². The number of nitrogens with one attached hydrogen (secondary N) is 1. The van der Waals surface area contributed by atoms with Gasteiger partial charge >= 0.3 is 0 Å². The molecule has 1 saturated carbocycles. The summed E-state index contributed by atoms with van der Waals surface area (Å²) in [6, 6.07) is 16.2. The van der Waals surface area contributed by atoms with Crippen LogP contribution in [0.15, 0.2) is 42.5 Å². The number of hydrogen-bond donors (Lipinski definition) is 1. The number of hydrogen-bond acceptors (Lipinski definition) is 1. The van der Waals surface area contributed by atoms with Crippen molar-refractivity contribution < 1.29 is 0 Å². The highest BCUT2D eigenvalue weighted by molar-refractivity contribution is 5.82. The van der Waals surface area contributed by atoms with Crippen molar-refractivity contribution in [3.05, 3.63) is 48.0 Å². The molecule has 0 amide bonds. The molecule has 0 saturated heterocycles. The molecule has 0 radical (unpaired) electrons. The van der Waals surface area contributed by atoms with Gasteiger partial charge in [0.2, 0.25) is 0 Å². The lowest BCUT2D eigenvalue weighted by atomic mass is 9.90. The first-order valence-corrected chi connectivity index (χ1v) is 7.99. The standard InChI is InChI=1S/C19H25N/c1-3-20-19(14(2)16-10-11-16)13-15-8-9-17-6-4-5-7-18(17)12-15/h4-9,12,14,16,19-20H,3,10-11,13H2,1-2H3. The Morgan fingerprint density at radius 3 is 2.55 bits per heavy atom. The summed E-state index contributed by atoms with van der Waals surface area (Å²) >= 11 is 0. The monoisotopic (exact) mass is 267 g/mol. The SMILES string of the molecule is CCNC(Cc1ccc2ccccc2c1)C(C)C1CC1. The molecule has 0 aliphatic heterocycles. The summed E-state index contributed by atoms with van der Waals surface area (Å²) in [5.41, 5.74) is 1.46. The first-order chi connectivity index (χ1) is 9.78. The van der Waals surface area contributed by atoms with Crippen molar-refractivity contribution in [1.29, 1.82) is 0 Å². The fourth-order valence-corrected chi connectivity index (χ4v) is 3.28. The maximum absolute atomic E-state index is 3.70. The fourth-order valence-electron chi connectivity index (χ4n) is 3.28. The first-order valence-electron chi connectivity index (χ1n) is 7.99. The minimum Gasteiger partial charge on any atom is -0.314 e. The predicted octanol–water partition coefficient (Wildman–Crippen LogP) is 4.41. The summed E-state index contributed by atoms with van der Waals surface area (Å²) < 4.78 is 0. The number of fused-ring (bicyclic) bond motifs is 1. The van der Waals surface area contributed by atoms with Gasteiger partial charge in [-0.05, 0) is 54.0 Å². The molecule has 1 fully saturated rings. The Bertz CT molecular complexity index is 571. The number of rotatable bonds is 6. The van der Waals surface area contributed by atoms with Crippen LogP contribution in [0.25, 0.3) is 10.8 Å². The lowest BCUT2D eigenvalue weighted by Crippen LogP contribution is -2.37. The van der Waals surface area contributed by atoms with Crippen LogP contribution in [-0.2, 0) is 6.42 Å². The van der Waals surface area contributed by atoms with E-state index in [0.717, 1.165) is 24.8 Å². The molecule has 2 unspecified atom stereocenters. The maximum atomic E-state index is 3.70. The largest absolute Gasteiger partial charge is 0.314 e. The lowest BCUT2D eigenvalue weighted by Gasteiger charge is -2.25. The molecule has 1 nitrogen and oxygen atoms in total. The average molecular weight is 267 g/mol. The van der Waals surface area contributed by atoms with Crippen molar-refractivity contribution in [1.82, 2.24) is 5.32 Å². The highest BCUT2D eigenvalue weighted by atomic mass is 14.9. The van der Waals surface area contributed by atoms with Crippen LogP contribution in [-0.4, -0.2) is 12.6 Å². The van der Waals surface area contributed by atoms with E-state index in [9.17, 15) is 0 Å². The van der Waals surface area contributed by atoms with Gasteiger partial charge in [0.1, 0.15) is 0 Å².